The molecule has 3 heterocycles. The summed E-state index contributed by atoms with van der Waals surface area (Å²) in [4.78, 5) is 20.6. The molecule has 8 heteroatoms. The Kier molecular flexibility index (Phi) is 5.02. The van der Waals surface area contributed by atoms with E-state index in [-0.39, 0.29) is 11.6 Å². The zero-order valence-electron chi connectivity index (χ0n) is 15.9. The van der Waals surface area contributed by atoms with Crippen molar-refractivity contribution in [3.05, 3.63) is 48.2 Å². The standard InChI is InChI=1S/C20H22F2N6/c1-13-18(22)20(26-11-23-13)27(2)10-14-5-7-28(8-6-14)19-16-9-15(21)3-4-17(16)24-12-25-19/h3-4,9,11-12,14H,5-8,10H2,1-2H3. The number of rotatable bonds is 4. The minimum absolute atomic E-state index is 0.290. The van der Waals surface area contributed by atoms with Crippen LogP contribution in [-0.4, -0.2) is 46.6 Å². The highest BCUT2D eigenvalue weighted by Crippen LogP contribution is 2.29. The van der Waals surface area contributed by atoms with Crippen LogP contribution in [-0.2, 0) is 0 Å². The Morgan fingerprint density at radius 3 is 2.61 bits per heavy atom. The molecule has 1 aliphatic heterocycles. The van der Waals surface area contributed by atoms with Crippen LogP contribution in [0.25, 0.3) is 10.9 Å². The van der Waals surface area contributed by atoms with E-state index in [0.717, 1.165) is 49.2 Å². The molecule has 0 N–H and O–H groups in total. The lowest BCUT2D eigenvalue weighted by Gasteiger charge is -2.35. The Morgan fingerprint density at radius 1 is 1.07 bits per heavy atom. The summed E-state index contributed by atoms with van der Waals surface area (Å²) in [5.41, 5.74) is 1.09. The van der Waals surface area contributed by atoms with Gasteiger partial charge in [0.1, 0.15) is 24.3 Å². The third-order valence-electron chi connectivity index (χ3n) is 5.33. The number of aromatic nitrogens is 4. The van der Waals surface area contributed by atoms with Gasteiger partial charge in [-0.2, -0.15) is 0 Å². The fourth-order valence-corrected chi connectivity index (χ4v) is 3.78. The number of anilines is 2. The quantitative estimate of drug-likeness (QED) is 0.688. The van der Waals surface area contributed by atoms with Crippen molar-refractivity contribution >= 4 is 22.5 Å². The van der Waals surface area contributed by atoms with Gasteiger partial charge in [-0.25, -0.2) is 28.7 Å². The summed E-state index contributed by atoms with van der Waals surface area (Å²) in [6.07, 6.45) is 4.80. The van der Waals surface area contributed by atoms with Crippen molar-refractivity contribution in [2.75, 3.05) is 36.5 Å². The number of aryl methyl sites for hydroxylation is 1. The van der Waals surface area contributed by atoms with Crippen LogP contribution in [0.5, 0.6) is 0 Å². The van der Waals surface area contributed by atoms with Gasteiger partial charge < -0.3 is 9.80 Å². The molecule has 1 saturated heterocycles. The van der Waals surface area contributed by atoms with Crippen LogP contribution >= 0.6 is 0 Å². The molecule has 146 valence electrons. The molecule has 0 aliphatic carbocycles. The molecule has 0 radical (unpaired) electrons. The third kappa shape index (κ3) is 3.58. The van der Waals surface area contributed by atoms with Crippen LogP contribution < -0.4 is 9.80 Å². The van der Waals surface area contributed by atoms with Gasteiger partial charge in [0.2, 0.25) is 0 Å². The summed E-state index contributed by atoms with van der Waals surface area (Å²) < 4.78 is 27.9. The number of hydrogen-bond acceptors (Lipinski definition) is 6. The van der Waals surface area contributed by atoms with Crippen LogP contribution in [0, 0.1) is 24.5 Å². The molecule has 1 aliphatic rings. The maximum atomic E-state index is 14.3. The second-order valence-corrected chi connectivity index (χ2v) is 7.27. The van der Waals surface area contributed by atoms with Crippen LogP contribution in [0.4, 0.5) is 20.4 Å². The van der Waals surface area contributed by atoms with E-state index in [9.17, 15) is 8.78 Å². The predicted octanol–water partition coefficient (Wildman–Crippen LogP) is 3.36. The first-order chi connectivity index (χ1) is 13.5. The molecular weight excluding hydrogens is 362 g/mol. The minimum Gasteiger partial charge on any atom is -0.357 e. The Balaban J connectivity index is 1.44. The number of halogens is 2. The number of hydrogen-bond donors (Lipinski definition) is 0. The fraction of sp³-hybridized carbons (Fsp3) is 0.400. The first kappa shape index (κ1) is 18.5. The minimum atomic E-state index is -0.364. The second-order valence-electron chi connectivity index (χ2n) is 7.27. The Bertz CT molecular complexity index is 988. The van der Waals surface area contributed by atoms with E-state index >= 15 is 0 Å². The fourth-order valence-electron chi connectivity index (χ4n) is 3.78. The van der Waals surface area contributed by atoms with Crippen molar-refractivity contribution in [2.45, 2.75) is 19.8 Å². The van der Waals surface area contributed by atoms with Gasteiger partial charge in [-0.1, -0.05) is 0 Å². The lowest BCUT2D eigenvalue weighted by molar-refractivity contribution is 0.405. The lowest BCUT2D eigenvalue weighted by atomic mass is 9.96. The van der Waals surface area contributed by atoms with Crippen molar-refractivity contribution in [2.24, 2.45) is 5.92 Å². The van der Waals surface area contributed by atoms with Crippen LogP contribution in [0.15, 0.2) is 30.9 Å². The highest BCUT2D eigenvalue weighted by molar-refractivity contribution is 5.89. The van der Waals surface area contributed by atoms with Gasteiger partial charge in [0, 0.05) is 32.1 Å². The molecule has 3 aromatic rings. The van der Waals surface area contributed by atoms with E-state index in [1.807, 2.05) is 11.9 Å². The maximum Gasteiger partial charge on any atom is 0.186 e. The van der Waals surface area contributed by atoms with Crippen molar-refractivity contribution in [1.29, 1.82) is 0 Å². The summed E-state index contributed by atoms with van der Waals surface area (Å²) in [5, 5.41) is 0.733. The average Bonchev–Trinajstić information content (AvgIpc) is 2.70. The Morgan fingerprint density at radius 2 is 1.82 bits per heavy atom. The molecule has 0 spiro atoms. The Hall–Kier alpha value is -2.90. The predicted molar refractivity (Wildman–Crippen MR) is 104 cm³/mol. The molecule has 0 unspecified atom stereocenters. The maximum absolute atomic E-state index is 14.3. The third-order valence-corrected chi connectivity index (χ3v) is 5.33. The summed E-state index contributed by atoms with van der Waals surface area (Å²) >= 11 is 0. The van der Waals surface area contributed by atoms with E-state index in [1.165, 1.54) is 24.8 Å². The molecule has 0 amide bonds. The molecule has 0 bridgehead atoms. The van der Waals surface area contributed by atoms with E-state index in [1.54, 1.807) is 13.0 Å². The summed E-state index contributed by atoms with van der Waals surface area (Å²) in [6.45, 7) is 3.99. The van der Waals surface area contributed by atoms with Crippen LogP contribution in [0.2, 0.25) is 0 Å². The van der Waals surface area contributed by atoms with E-state index in [2.05, 4.69) is 24.8 Å². The smallest absolute Gasteiger partial charge is 0.186 e. The van der Waals surface area contributed by atoms with Gasteiger partial charge >= 0.3 is 0 Å². The van der Waals surface area contributed by atoms with Gasteiger partial charge in [-0.05, 0) is 43.9 Å². The zero-order valence-corrected chi connectivity index (χ0v) is 15.9. The SMILES string of the molecule is Cc1ncnc(N(C)CC2CCN(c3ncnc4ccc(F)cc34)CC2)c1F. The summed E-state index contributed by atoms with van der Waals surface area (Å²) in [7, 11) is 1.86. The molecule has 2 aromatic heterocycles. The molecular formula is C20H22F2N6. The number of piperidine rings is 1. The molecule has 6 nitrogen and oxygen atoms in total. The van der Waals surface area contributed by atoms with Gasteiger partial charge in [0.15, 0.2) is 11.6 Å². The number of nitrogens with zero attached hydrogens (tertiary/aromatic N) is 6. The Labute approximate surface area is 162 Å². The largest absolute Gasteiger partial charge is 0.357 e. The molecule has 1 fully saturated rings. The van der Waals surface area contributed by atoms with Gasteiger partial charge in [-0.3, -0.25) is 0 Å². The molecule has 28 heavy (non-hydrogen) atoms. The zero-order chi connectivity index (χ0) is 19.7. The highest BCUT2D eigenvalue weighted by atomic mass is 19.1. The first-order valence-electron chi connectivity index (χ1n) is 9.36. The van der Waals surface area contributed by atoms with E-state index in [4.69, 9.17) is 0 Å². The number of fused-ring (bicyclic) bond motifs is 1. The first-order valence-corrected chi connectivity index (χ1v) is 9.36. The molecule has 1 aromatic carbocycles. The van der Waals surface area contributed by atoms with Crippen LogP contribution in [0.3, 0.4) is 0 Å². The van der Waals surface area contributed by atoms with Crippen molar-refractivity contribution in [1.82, 2.24) is 19.9 Å². The van der Waals surface area contributed by atoms with Gasteiger partial charge in [0.05, 0.1) is 11.2 Å². The van der Waals surface area contributed by atoms with Crippen molar-refractivity contribution < 1.29 is 8.78 Å². The topological polar surface area (TPSA) is 58.0 Å². The van der Waals surface area contributed by atoms with Gasteiger partial charge in [0.25, 0.3) is 0 Å². The second kappa shape index (κ2) is 7.61. The van der Waals surface area contributed by atoms with E-state index in [0.29, 0.717) is 17.4 Å². The number of benzene rings is 1. The summed E-state index contributed by atoms with van der Waals surface area (Å²) in [6, 6.07) is 4.58. The van der Waals surface area contributed by atoms with Crippen molar-refractivity contribution in [3.63, 3.8) is 0 Å². The molecule has 0 saturated carbocycles. The van der Waals surface area contributed by atoms with Crippen LogP contribution in [0.1, 0.15) is 18.5 Å². The monoisotopic (exact) mass is 384 g/mol. The highest BCUT2D eigenvalue weighted by Gasteiger charge is 2.24. The molecule has 0 atom stereocenters. The molecule has 4 rings (SSSR count). The van der Waals surface area contributed by atoms with Gasteiger partial charge in [-0.15, -0.1) is 0 Å². The lowest BCUT2D eigenvalue weighted by Crippen LogP contribution is -2.38. The average molecular weight is 384 g/mol. The van der Waals surface area contributed by atoms with E-state index < -0.39 is 0 Å². The van der Waals surface area contributed by atoms with Crippen molar-refractivity contribution in [3.8, 4) is 0 Å². The normalized spacial score (nSPS) is 15.2. The summed E-state index contributed by atoms with van der Waals surface area (Å²) in [5.74, 6) is 0.876.